The number of unbranched alkanes of at least 4 members (excludes halogenated alkanes) is 1. The number of rotatable bonds is 10. The van der Waals surface area contributed by atoms with E-state index >= 15 is 0 Å². The lowest BCUT2D eigenvalue weighted by atomic mass is 10.3. The Labute approximate surface area is 100 Å². The molecule has 0 heterocycles. The number of hydrogen-bond donors (Lipinski definition) is 1. The van der Waals surface area contributed by atoms with E-state index in [0.717, 1.165) is 32.4 Å². The Morgan fingerprint density at radius 2 is 1.81 bits per heavy atom. The standard InChI is InChI=1S/C11H26N2O2S/c1-4-10-13(6-3)16(14,15)11-8-7-9-12-5-2/h12H,4-11H2,1-3H3. The predicted molar refractivity (Wildman–Crippen MR) is 69.1 cm³/mol. The van der Waals surface area contributed by atoms with Crippen molar-refractivity contribution in [2.75, 3.05) is 31.9 Å². The molecular weight excluding hydrogens is 224 g/mol. The average Bonchev–Trinajstić information content (AvgIpc) is 2.25. The molecule has 0 aromatic heterocycles. The lowest BCUT2D eigenvalue weighted by Crippen LogP contribution is -2.33. The van der Waals surface area contributed by atoms with Gasteiger partial charge >= 0.3 is 0 Å². The van der Waals surface area contributed by atoms with E-state index < -0.39 is 10.0 Å². The summed E-state index contributed by atoms with van der Waals surface area (Å²) in [6.07, 6.45) is 2.55. The first-order valence-corrected chi connectivity index (χ1v) is 7.87. The molecule has 4 nitrogen and oxygen atoms in total. The second-order valence-corrected chi connectivity index (χ2v) is 5.96. The molecule has 98 valence electrons. The Kier molecular flexibility index (Phi) is 8.89. The molecule has 1 N–H and O–H groups in total. The van der Waals surface area contributed by atoms with Crippen LogP contribution in [0.1, 0.15) is 40.0 Å². The zero-order valence-corrected chi connectivity index (χ0v) is 11.6. The Morgan fingerprint density at radius 3 is 2.31 bits per heavy atom. The smallest absolute Gasteiger partial charge is 0.214 e. The summed E-state index contributed by atoms with van der Waals surface area (Å²) >= 11 is 0. The SMILES string of the molecule is CCCN(CC)S(=O)(=O)CCCCNCC. The molecule has 16 heavy (non-hydrogen) atoms. The number of hydrogen-bond acceptors (Lipinski definition) is 3. The number of sulfonamides is 1. The van der Waals surface area contributed by atoms with Gasteiger partial charge in [-0.1, -0.05) is 20.8 Å². The van der Waals surface area contributed by atoms with Crippen molar-refractivity contribution in [3.05, 3.63) is 0 Å². The highest BCUT2D eigenvalue weighted by Crippen LogP contribution is 2.05. The van der Waals surface area contributed by atoms with E-state index in [1.54, 1.807) is 4.31 Å². The molecule has 0 spiro atoms. The molecule has 0 aromatic carbocycles. The number of nitrogens with one attached hydrogen (secondary N) is 1. The zero-order chi connectivity index (χ0) is 12.4. The first-order chi connectivity index (χ1) is 7.58. The third-order valence-corrected chi connectivity index (χ3v) is 4.51. The molecular formula is C11H26N2O2S. The normalized spacial score (nSPS) is 12.2. The van der Waals surface area contributed by atoms with Crippen LogP contribution in [-0.2, 0) is 10.0 Å². The minimum Gasteiger partial charge on any atom is -0.317 e. The van der Waals surface area contributed by atoms with Gasteiger partial charge in [0.05, 0.1) is 5.75 Å². The molecule has 0 rings (SSSR count). The van der Waals surface area contributed by atoms with Crippen LogP contribution in [0, 0.1) is 0 Å². The largest absolute Gasteiger partial charge is 0.317 e. The third kappa shape index (κ3) is 6.45. The Balaban J connectivity index is 3.93. The van der Waals surface area contributed by atoms with Crippen LogP contribution in [0.5, 0.6) is 0 Å². The molecule has 0 amide bonds. The highest BCUT2D eigenvalue weighted by Gasteiger charge is 2.18. The fraction of sp³-hybridized carbons (Fsp3) is 1.00. The van der Waals surface area contributed by atoms with Gasteiger partial charge in [-0.25, -0.2) is 12.7 Å². The van der Waals surface area contributed by atoms with E-state index in [9.17, 15) is 8.42 Å². The molecule has 0 saturated heterocycles. The van der Waals surface area contributed by atoms with Gasteiger partial charge in [-0.15, -0.1) is 0 Å². The van der Waals surface area contributed by atoms with Gasteiger partial charge in [0.25, 0.3) is 0 Å². The van der Waals surface area contributed by atoms with E-state index in [1.165, 1.54) is 0 Å². The summed E-state index contributed by atoms with van der Waals surface area (Å²) in [5, 5.41) is 3.19. The molecule has 0 radical (unpaired) electrons. The minimum atomic E-state index is -3.02. The Hall–Kier alpha value is -0.130. The lowest BCUT2D eigenvalue weighted by molar-refractivity contribution is 0.425. The topological polar surface area (TPSA) is 49.4 Å². The van der Waals surface area contributed by atoms with Crippen LogP contribution in [-0.4, -0.2) is 44.7 Å². The van der Waals surface area contributed by atoms with Crippen LogP contribution >= 0.6 is 0 Å². The minimum absolute atomic E-state index is 0.284. The van der Waals surface area contributed by atoms with Crippen LogP contribution in [0.3, 0.4) is 0 Å². The van der Waals surface area contributed by atoms with E-state index in [2.05, 4.69) is 12.2 Å². The first kappa shape index (κ1) is 15.9. The summed E-state index contributed by atoms with van der Waals surface area (Å²) in [5.41, 5.74) is 0. The molecule has 0 aliphatic carbocycles. The van der Waals surface area contributed by atoms with Crippen LogP contribution in [0.2, 0.25) is 0 Å². The van der Waals surface area contributed by atoms with Crippen molar-refractivity contribution >= 4 is 10.0 Å². The predicted octanol–water partition coefficient (Wildman–Crippen LogP) is 1.44. The average molecular weight is 250 g/mol. The maximum Gasteiger partial charge on any atom is 0.214 e. The summed E-state index contributed by atoms with van der Waals surface area (Å²) in [5.74, 6) is 0.284. The van der Waals surface area contributed by atoms with Gasteiger partial charge in [0.1, 0.15) is 0 Å². The van der Waals surface area contributed by atoms with Gasteiger partial charge in [-0.3, -0.25) is 0 Å². The fourth-order valence-corrected chi connectivity index (χ4v) is 3.26. The van der Waals surface area contributed by atoms with Gasteiger partial charge in [-0.2, -0.15) is 0 Å². The van der Waals surface area contributed by atoms with E-state index in [-0.39, 0.29) is 5.75 Å². The Morgan fingerprint density at radius 1 is 1.12 bits per heavy atom. The third-order valence-electron chi connectivity index (χ3n) is 2.47. The van der Waals surface area contributed by atoms with Gasteiger partial charge in [0.15, 0.2) is 0 Å². The van der Waals surface area contributed by atoms with Crippen molar-refractivity contribution in [2.24, 2.45) is 0 Å². The fourth-order valence-electron chi connectivity index (χ4n) is 1.58. The maximum absolute atomic E-state index is 11.9. The van der Waals surface area contributed by atoms with E-state index in [1.807, 2.05) is 13.8 Å². The van der Waals surface area contributed by atoms with Crippen molar-refractivity contribution in [3.8, 4) is 0 Å². The van der Waals surface area contributed by atoms with Gasteiger partial charge in [-0.05, 0) is 32.4 Å². The molecule has 5 heteroatoms. The van der Waals surface area contributed by atoms with Crippen molar-refractivity contribution < 1.29 is 8.42 Å². The summed E-state index contributed by atoms with van der Waals surface area (Å²) in [4.78, 5) is 0. The molecule has 0 aliphatic heterocycles. The van der Waals surface area contributed by atoms with Crippen LogP contribution in [0.15, 0.2) is 0 Å². The van der Waals surface area contributed by atoms with Crippen LogP contribution in [0.4, 0.5) is 0 Å². The second kappa shape index (κ2) is 8.96. The van der Waals surface area contributed by atoms with Gasteiger partial charge in [0, 0.05) is 13.1 Å². The zero-order valence-electron chi connectivity index (χ0n) is 10.8. The van der Waals surface area contributed by atoms with Crippen molar-refractivity contribution in [2.45, 2.75) is 40.0 Å². The summed E-state index contributed by atoms with van der Waals surface area (Å²) in [6, 6.07) is 0. The quantitative estimate of drug-likeness (QED) is 0.597. The van der Waals surface area contributed by atoms with Crippen LogP contribution < -0.4 is 5.32 Å². The van der Waals surface area contributed by atoms with Crippen molar-refractivity contribution in [1.82, 2.24) is 9.62 Å². The summed E-state index contributed by atoms with van der Waals surface area (Å²) < 4.78 is 25.4. The van der Waals surface area contributed by atoms with E-state index in [0.29, 0.717) is 13.1 Å². The lowest BCUT2D eigenvalue weighted by Gasteiger charge is -2.19. The summed E-state index contributed by atoms with van der Waals surface area (Å²) in [6.45, 7) is 9.04. The first-order valence-electron chi connectivity index (χ1n) is 6.27. The molecule has 0 unspecified atom stereocenters. The Bertz CT molecular complexity index is 253. The number of nitrogens with zero attached hydrogens (tertiary/aromatic N) is 1. The molecule has 0 atom stereocenters. The molecule has 0 fully saturated rings. The van der Waals surface area contributed by atoms with E-state index in [4.69, 9.17) is 0 Å². The second-order valence-electron chi connectivity index (χ2n) is 3.87. The monoisotopic (exact) mass is 250 g/mol. The molecule has 0 saturated carbocycles. The summed E-state index contributed by atoms with van der Waals surface area (Å²) in [7, 11) is -3.02. The van der Waals surface area contributed by atoms with Crippen molar-refractivity contribution in [3.63, 3.8) is 0 Å². The highest BCUT2D eigenvalue weighted by atomic mass is 32.2. The molecule has 0 bridgehead atoms. The van der Waals surface area contributed by atoms with Crippen LogP contribution in [0.25, 0.3) is 0 Å². The van der Waals surface area contributed by atoms with Crippen molar-refractivity contribution in [1.29, 1.82) is 0 Å². The molecule has 0 aliphatic rings. The van der Waals surface area contributed by atoms with Gasteiger partial charge < -0.3 is 5.32 Å². The van der Waals surface area contributed by atoms with Gasteiger partial charge in [0.2, 0.25) is 10.0 Å². The maximum atomic E-state index is 11.9. The molecule has 0 aromatic rings. The highest BCUT2D eigenvalue weighted by molar-refractivity contribution is 7.89.